The summed E-state index contributed by atoms with van der Waals surface area (Å²) in [5.74, 6) is 1.58. The lowest BCUT2D eigenvalue weighted by Crippen LogP contribution is -2.29. The van der Waals surface area contributed by atoms with Crippen LogP contribution in [0, 0.1) is 5.92 Å². The fourth-order valence-corrected chi connectivity index (χ4v) is 1.89. The Kier molecular flexibility index (Phi) is 6.09. The van der Waals surface area contributed by atoms with Crippen molar-refractivity contribution in [3.63, 3.8) is 0 Å². The summed E-state index contributed by atoms with van der Waals surface area (Å²) in [5, 5.41) is 12.9. The molecule has 0 bridgehead atoms. The molecule has 0 saturated carbocycles. The Hall–Kier alpha value is -1.13. The van der Waals surface area contributed by atoms with Gasteiger partial charge in [0, 0.05) is 31.9 Å². The molecule has 4 heteroatoms. The highest BCUT2D eigenvalue weighted by atomic mass is 16.3. The van der Waals surface area contributed by atoms with Crippen LogP contribution in [0.25, 0.3) is 0 Å². The Morgan fingerprint density at radius 2 is 2.11 bits per heavy atom. The fourth-order valence-electron chi connectivity index (χ4n) is 1.89. The van der Waals surface area contributed by atoms with Crippen LogP contribution >= 0.6 is 0 Å². The summed E-state index contributed by atoms with van der Waals surface area (Å²) in [6.45, 7) is 8.57. The molecular formula is C14H25N3O. The van der Waals surface area contributed by atoms with Gasteiger partial charge in [0.2, 0.25) is 0 Å². The van der Waals surface area contributed by atoms with Gasteiger partial charge < -0.3 is 15.3 Å². The van der Waals surface area contributed by atoms with E-state index in [1.165, 1.54) is 5.56 Å². The van der Waals surface area contributed by atoms with Crippen molar-refractivity contribution in [3.05, 3.63) is 23.9 Å². The van der Waals surface area contributed by atoms with E-state index >= 15 is 0 Å². The summed E-state index contributed by atoms with van der Waals surface area (Å²) in [4.78, 5) is 6.40. The van der Waals surface area contributed by atoms with Gasteiger partial charge in [-0.15, -0.1) is 0 Å². The second-order valence-electron chi connectivity index (χ2n) is 5.24. The Balaban J connectivity index is 2.66. The number of pyridine rings is 1. The Labute approximate surface area is 110 Å². The van der Waals surface area contributed by atoms with E-state index in [0.29, 0.717) is 12.5 Å². The molecule has 0 radical (unpaired) electrons. The highest BCUT2D eigenvalue weighted by Gasteiger charge is 2.10. The second kappa shape index (κ2) is 7.34. The number of nitrogens with one attached hydrogen (secondary N) is 1. The van der Waals surface area contributed by atoms with E-state index < -0.39 is 0 Å². The summed E-state index contributed by atoms with van der Waals surface area (Å²) in [7, 11) is 1.96. The van der Waals surface area contributed by atoms with Gasteiger partial charge >= 0.3 is 0 Å². The Morgan fingerprint density at radius 3 is 2.72 bits per heavy atom. The van der Waals surface area contributed by atoms with Crippen molar-refractivity contribution in [3.8, 4) is 0 Å². The molecule has 18 heavy (non-hydrogen) atoms. The highest BCUT2D eigenvalue weighted by molar-refractivity contribution is 5.45. The van der Waals surface area contributed by atoms with Gasteiger partial charge in [0.05, 0.1) is 6.10 Å². The average molecular weight is 251 g/mol. The van der Waals surface area contributed by atoms with Gasteiger partial charge in [-0.2, -0.15) is 0 Å². The predicted octanol–water partition coefficient (Wildman–Crippen LogP) is 1.64. The maximum Gasteiger partial charge on any atom is 0.132 e. The number of hydrogen-bond acceptors (Lipinski definition) is 4. The van der Waals surface area contributed by atoms with Crippen LogP contribution in [0.2, 0.25) is 0 Å². The normalized spacial score (nSPS) is 12.8. The lowest BCUT2D eigenvalue weighted by Gasteiger charge is -2.22. The molecule has 0 aromatic carbocycles. The summed E-state index contributed by atoms with van der Waals surface area (Å²) in [6, 6.07) is 4.03. The molecular weight excluding hydrogens is 226 g/mol. The van der Waals surface area contributed by atoms with Gasteiger partial charge in [-0.3, -0.25) is 0 Å². The largest absolute Gasteiger partial charge is 0.392 e. The second-order valence-corrected chi connectivity index (χ2v) is 5.24. The van der Waals surface area contributed by atoms with E-state index in [4.69, 9.17) is 0 Å². The zero-order chi connectivity index (χ0) is 13.5. The minimum absolute atomic E-state index is 0.353. The molecule has 1 aromatic heterocycles. The van der Waals surface area contributed by atoms with Crippen molar-refractivity contribution in [2.45, 2.75) is 33.4 Å². The maximum absolute atomic E-state index is 9.44. The van der Waals surface area contributed by atoms with Crippen molar-refractivity contribution in [1.82, 2.24) is 10.3 Å². The van der Waals surface area contributed by atoms with Crippen molar-refractivity contribution < 1.29 is 5.11 Å². The first-order valence-electron chi connectivity index (χ1n) is 6.54. The number of aliphatic hydroxyl groups is 1. The minimum atomic E-state index is -0.353. The van der Waals surface area contributed by atoms with E-state index in [0.717, 1.165) is 18.9 Å². The molecule has 0 aliphatic rings. The minimum Gasteiger partial charge on any atom is -0.392 e. The zero-order valence-electron chi connectivity index (χ0n) is 11.8. The van der Waals surface area contributed by atoms with Crippen LogP contribution in [0.1, 0.15) is 26.3 Å². The van der Waals surface area contributed by atoms with Crippen molar-refractivity contribution in [1.29, 1.82) is 0 Å². The van der Waals surface area contributed by atoms with Gasteiger partial charge in [-0.1, -0.05) is 19.9 Å². The molecule has 1 rings (SSSR count). The van der Waals surface area contributed by atoms with Gasteiger partial charge in [0.1, 0.15) is 5.82 Å². The summed E-state index contributed by atoms with van der Waals surface area (Å²) < 4.78 is 0. The van der Waals surface area contributed by atoms with Crippen molar-refractivity contribution in [2.24, 2.45) is 5.92 Å². The molecule has 4 nitrogen and oxygen atoms in total. The van der Waals surface area contributed by atoms with Crippen LogP contribution < -0.4 is 10.2 Å². The van der Waals surface area contributed by atoms with Gasteiger partial charge in [0.25, 0.3) is 0 Å². The van der Waals surface area contributed by atoms with Gasteiger partial charge in [-0.05, 0) is 25.5 Å². The van der Waals surface area contributed by atoms with Crippen LogP contribution in [0.5, 0.6) is 0 Å². The predicted molar refractivity (Wildman–Crippen MR) is 75.7 cm³/mol. The zero-order valence-corrected chi connectivity index (χ0v) is 11.8. The number of hydrogen-bond donors (Lipinski definition) is 2. The molecule has 0 amide bonds. The third-order valence-corrected chi connectivity index (χ3v) is 2.64. The number of likely N-dealkylation sites (N-methyl/N-ethyl adjacent to an activating group) is 1. The molecule has 102 valence electrons. The molecule has 2 N–H and O–H groups in total. The van der Waals surface area contributed by atoms with Crippen LogP contribution in [-0.2, 0) is 6.54 Å². The topological polar surface area (TPSA) is 48.4 Å². The third kappa shape index (κ3) is 5.02. The molecule has 1 unspecified atom stereocenters. The summed E-state index contributed by atoms with van der Waals surface area (Å²) >= 11 is 0. The Morgan fingerprint density at radius 1 is 1.39 bits per heavy atom. The maximum atomic E-state index is 9.44. The number of aromatic nitrogens is 1. The Bertz CT molecular complexity index is 353. The first-order valence-corrected chi connectivity index (χ1v) is 6.54. The number of anilines is 1. The van der Waals surface area contributed by atoms with Crippen LogP contribution in [0.3, 0.4) is 0 Å². The lowest BCUT2D eigenvalue weighted by atomic mass is 10.2. The molecule has 0 aliphatic heterocycles. The average Bonchev–Trinajstić information content (AvgIpc) is 2.28. The van der Waals surface area contributed by atoms with E-state index in [1.54, 1.807) is 13.1 Å². The molecule has 1 aromatic rings. The lowest BCUT2D eigenvalue weighted by molar-refractivity contribution is 0.201. The van der Waals surface area contributed by atoms with E-state index in [-0.39, 0.29) is 6.10 Å². The van der Waals surface area contributed by atoms with Gasteiger partial charge in [0.15, 0.2) is 0 Å². The molecule has 0 fully saturated rings. The first-order chi connectivity index (χ1) is 8.50. The quantitative estimate of drug-likeness (QED) is 0.773. The fraction of sp³-hybridized carbons (Fsp3) is 0.643. The summed E-state index contributed by atoms with van der Waals surface area (Å²) in [6.07, 6.45) is 1.44. The molecule has 0 saturated heterocycles. The summed E-state index contributed by atoms with van der Waals surface area (Å²) in [5.41, 5.74) is 1.17. The first kappa shape index (κ1) is 14.9. The van der Waals surface area contributed by atoms with E-state index in [2.05, 4.69) is 30.2 Å². The smallest absolute Gasteiger partial charge is 0.132 e. The molecule has 1 atom stereocenters. The SMILES string of the molecule is CC(C)CNCc1cccnc1N(C)CC(C)O. The third-order valence-electron chi connectivity index (χ3n) is 2.64. The standard InChI is InChI=1S/C14H25N3O/c1-11(2)8-15-9-13-6-5-7-16-14(13)17(4)10-12(3)18/h5-7,11-12,15,18H,8-10H2,1-4H3. The van der Waals surface area contributed by atoms with E-state index in [9.17, 15) is 5.11 Å². The monoisotopic (exact) mass is 251 g/mol. The number of aliphatic hydroxyl groups excluding tert-OH is 1. The van der Waals surface area contributed by atoms with Crippen LogP contribution in [0.4, 0.5) is 5.82 Å². The van der Waals surface area contributed by atoms with Crippen LogP contribution in [0.15, 0.2) is 18.3 Å². The molecule has 1 heterocycles. The van der Waals surface area contributed by atoms with Crippen molar-refractivity contribution >= 4 is 5.82 Å². The van der Waals surface area contributed by atoms with Gasteiger partial charge in [-0.25, -0.2) is 4.98 Å². The molecule has 0 aliphatic carbocycles. The van der Waals surface area contributed by atoms with Crippen LogP contribution in [-0.4, -0.2) is 36.3 Å². The number of nitrogens with zero attached hydrogens (tertiary/aromatic N) is 2. The highest BCUT2D eigenvalue weighted by Crippen LogP contribution is 2.15. The number of rotatable bonds is 7. The van der Waals surface area contributed by atoms with E-state index in [1.807, 2.05) is 18.0 Å². The molecule has 0 spiro atoms. The van der Waals surface area contributed by atoms with Crippen molar-refractivity contribution in [2.75, 3.05) is 25.0 Å².